The largest absolute Gasteiger partial charge is 0.497 e. The van der Waals surface area contributed by atoms with Crippen LogP contribution in [0.15, 0.2) is 18.2 Å². The monoisotopic (exact) mass is 368 g/mol. The van der Waals surface area contributed by atoms with Crippen LogP contribution in [0.4, 0.5) is 0 Å². The van der Waals surface area contributed by atoms with E-state index in [1.165, 1.54) is 0 Å². The van der Waals surface area contributed by atoms with Crippen LogP contribution in [0.3, 0.4) is 0 Å². The molecule has 4 nitrogen and oxygen atoms in total. The van der Waals surface area contributed by atoms with E-state index in [1.54, 1.807) is 18.4 Å². The summed E-state index contributed by atoms with van der Waals surface area (Å²) in [5.41, 5.74) is 1.24. The minimum absolute atomic E-state index is 0. The molecule has 132 valence electrons. The van der Waals surface area contributed by atoms with Gasteiger partial charge in [0.1, 0.15) is 5.75 Å². The Morgan fingerprint density at radius 2 is 2.08 bits per heavy atom. The van der Waals surface area contributed by atoms with Crippen LogP contribution in [0.5, 0.6) is 5.75 Å². The summed E-state index contributed by atoms with van der Waals surface area (Å²) in [6.45, 7) is 7.09. The van der Waals surface area contributed by atoms with E-state index in [0.29, 0.717) is 0 Å². The molecule has 1 saturated heterocycles. The highest BCUT2D eigenvalue weighted by atomic mass is 35.5. The number of fused-ring (bicyclic) bond motifs is 1. The van der Waals surface area contributed by atoms with E-state index in [1.807, 2.05) is 25.1 Å². The lowest BCUT2D eigenvalue weighted by atomic mass is 9.81. The van der Waals surface area contributed by atoms with Crippen molar-refractivity contribution in [2.45, 2.75) is 26.7 Å². The minimum Gasteiger partial charge on any atom is -0.497 e. The lowest BCUT2D eigenvalue weighted by Crippen LogP contribution is -2.42. The first-order valence-electron chi connectivity index (χ1n) is 8.08. The van der Waals surface area contributed by atoms with Crippen LogP contribution in [0.1, 0.15) is 35.0 Å². The fourth-order valence-electron chi connectivity index (χ4n) is 3.12. The zero-order valence-corrected chi connectivity index (χ0v) is 16.0. The number of carbonyl (C=O) groups excluding carboxylic acids is 1. The molecule has 2 heterocycles. The van der Waals surface area contributed by atoms with Gasteiger partial charge in [0.05, 0.1) is 12.0 Å². The van der Waals surface area contributed by atoms with Gasteiger partial charge in [-0.3, -0.25) is 4.79 Å². The van der Waals surface area contributed by atoms with Gasteiger partial charge in [-0.1, -0.05) is 6.92 Å². The number of ether oxygens (including phenoxy) is 1. The zero-order valence-electron chi connectivity index (χ0n) is 14.4. The molecular formula is C18H25ClN2O2S. The van der Waals surface area contributed by atoms with Gasteiger partial charge < -0.3 is 15.4 Å². The van der Waals surface area contributed by atoms with Gasteiger partial charge in [0.25, 0.3) is 5.91 Å². The molecule has 1 aliphatic rings. The van der Waals surface area contributed by atoms with Crippen LogP contribution < -0.4 is 15.4 Å². The lowest BCUT2D eigenvalue weighted by Gasteiger charge is -2.34. The van der Waals surface area contributed by atoms with E-state index in [2.05, 4.69) is 17.6 Å². The predicted octanol–water partition coefficient (Wildman–Crippen LogP) is 3.76. The molecule has 1 aromatic heterocycles. The Morgan fingerprint density at radius 1 is 1.38 bits per heavy atom. The smallest absolute Gasteiger partial charge is 0.261 e. The molecule has 1 fully saturated rings. The Morgan fingerprint density at radius 3 is 2.75 bits per heavy atom. The average Bonchev–Trinajstić information content (AvgIpc) is 2.90. The van der Waals surface area contributed by atoms with Gasteiger partial charge in [0, 0.05) is 11.2 Å². The van der Waals surface area contributed by atoms with E-state index in [9.17, 15) is 4.79 Å². The van der Waals surface area contributed by atoms with Crippen molar-refractivity contribution in [1.82, 2.24) is 10.6 Å². The summed E-state index contributed by atoms with van der Waals surface area (Å²) in [7, 11) is 1.66. The van der Waals surface area contributed by atoms with Crippen LogP contribution in [-0.4, -0.2) is 32.7 Å². The number of piperidine rings is 1. The maximum absolute atomic E-state index is 12.6. The van der Waals surface area contributed by atoms with Gasteiger partial charge >= 0.3 is 0 Å². The summed E-state index contributed by atoms with van der Waals surface area (Å²) in [4.78, 5) is 13.4. The van der Waals surface area contributed by atoms with Crippen molar-refractivity contribution in [3.05, 3.63) is 28.6 Å². The summed E-state index contributed by atoms with van der Waals surface area (Å²) in [5.74, 6) is 0.870. The number of hydrogen-bond donors (Lipinski definition) is 2. The summed E-state index contributed by atoms with van der Waals surface area (Å²) in [6.07, 6.45) is 2.21. The first kappa shape index (κ1) is 19.0. The molecule has 0 atom stereocenters. The van der Waals surface area contributed by atoms with Crippen LogP contribution in [-0.2, 0) is 0 Å². The van der Waals surface area contributed by atoms with Crippen molar-refractivity contribution < 1.29 is 9.53 Å². The Labute approximate surface area is 153 Å². The predicted molar refractivity (Wildman–Crippen MR) is 103 cm³/mol. The van der Waals surface area contributed by atoms with Crippen molar-refractivity contribution in [3.8, 4) is 5.75 Å². The SMILES string of the molecule is COc1ccc2sc(C(=O)NCC3(C)CCNCC3)c(C)c2c1.Cl. The number of aryl methyl sites for hydroxylation is 1. The van der Waals surface area contributed by atoms with E-state index < -0.39 is 0 Å². The molecule has 3 rings (SSSR count). The zero-order chi connectivity index (χ0) is 16.4. The highest BCUT2D eigenvalue weighted by molar-refractivity contribution is 7.21. The van der Waals surface area contributed by atoms with Gasteiger partial charge in [-0.15, -0.1) is 23.7 Å². The molecule has 0 spiro atoms. The molecule has 0 unspecified atom stereocenters. The van der Waals surface area contributed by atoms with Crippen LogP contribution >= 0.6 is 23.7 Å². The number of rotatable bonds is 4. The second-order valence-electron chi connectivity index (χ2n) is 6.66. The third kappa shape index (κ3) is 3.85. The normalized spacial score (nSPS) is 16.5. The number of nitrogens with one attached hydrogen (secondary N) is 2. The number of halogens is 1. The minimum atomic E-state index is 0. The molecule has 2 N–H and O–H groups in total. The second kappa shape index (κ2) is 7.72. The first-order chi connectivity index (χ1) is 11.0. The third-order valence-corrected chi connectivity index (χ3v) is 6.11. The standard InChI is InChI=1S/C18H24N2O2S.ClH/c1-12-14-10-13(22-3)4-5-15(14)23-16(12)17(21)20-11-18(2)6-8-19-9-7-18;/h4-5,10,19H,6-9,11H2,1-3H3,(H,20,21);1H. The summed E-state index contributed by atoms with van der Waals surface area (Å²) < 4.78 is 6.41. The highest BCUT2D eigenvalue weighted by Crippen LogP contribution is 2.33. The van der Waals surface area contributed by atoms with Crippen molar-refractivity contribution in [1.29, 1.82) is 0 Å². The van der Waals surface area contributed by atoms with Crippen molar-refractivity contribution in [2.75, 3.05) is 26.7 Å². The molecule has 1 amide bonds. The van der Waals surface area contributed by atoms with Crippen LogP contribution in [0.2, 0.25) is 0 Å². The van der Waals surface area contributed by atoms with E-state index in [0.717, 1.165) is 58.8 Å². The Bertz CT molecular complexity index is 723. The van der Waals surface area contributed by atoms with E-state index in [4.69, 9.17) is 4.74 Å². The molecule has 2 aromatic rings. The number of methoxy groups -OCH3 is 1. The number of carbonyl (C=O) groups is 1. The quantitative estimate of drug-likeness (QED) is 0.863. The molecule has 1 aromatic carbocycles. The molecule has 0 saturated carbocycles. The summed E-state index contributed by atoms with van der Waals surface area (Å²) >= 11 is 1.56. The summed E-state index contributed by atoms with van der Waals surface area (Å²) in [5, 5.41) is 7.63. The number of hydrogen-bond acceptors (Lipinski definition) is 4. The van der Waals surface area contributed by atoms with E-state index >= 15 is 0 Å². The molecule has 0 radical (unpaired) electrons. The fourth-order valence-corrected chi connectivity index (χ4v) is 4.23. The molecule has 6 heteroatoms. The maximum Gasteiger partial charge on any atom is 0.261 e. The Kier molecular flexibility index (Phi) is 6.12. The fraction of sp³-hybridized carbons (Fsp3) is 0.500. The highest BCUT2D eigenvalue weighted by Gasteiger charge is 2.27. The maximum atomic E-state index is 12.6. The molecule has 24 heavy (non-hydrogen) atoms. The topological polar surface area (TPSA) is 50.4 Å². The lowest BCUT2D eigenvalue weighted by molar-refractivity contribution is 0.0926. The molecular weight excluding hydrogens is 344 g/mol. The number of amides is 1. The van der Waals surface area contributed by atoms with Crippen LogP contribution in [0.25, 0.3) is 10.1 Å². The van der Waals surface area contributed by atoms with Crippen LogP contribution in [0, 0.1) is 12.3 Å². The van der Waals surface area contributed by atoms with Gasteiger partial charge in [-0.2, -0.15) is 0 Å². The second-order valence-corrected chi connectivity index (χ2v) is 7.71. The molecule has 0 bridgehead atoms. The van der Waals surface area contributed by atoms with Gasteiger partial charge in [0.2, 0.25) is 0 Å². The number of thiophene rings is 1. The average molecular weight is 369 g/mol. The molecule has 1 aliphatic heterocycles. The van der Waals surface area contributed by atoms with Crippen molar-refractivity contribution in [3.63, 3.8) is 0 Å². The van der Waals surface area contributed by atoms with Crippen molar-refractivity contribution in [2.24, 2.45) is 5.41 Å². The molecule has 0 aliphatic carbocycles. The first-order valence-corrected chi connectivity index (χ1v) is 8.90. The Hall–Kier alpha value is -1.30. The number of benzene rings is 1. The Balaban J connectivity index is 0.00000208. The third-order valence-electron chi connectivity index (χ3n) is 4.84. The van der Waals surface area contributed by atoms with Crippen molar-refractivity contribution >= 4 is 39.7 Å². The van der Waals surface area contributed by atoms with E-state index in [-0.39, 0.29) is 23.7 Å². The van der Waals surface area contributed by atoms with Gasteiger partial charge in [0.15, 0.2) is 0 Å². The summed E-state index contributed by atoms with van der Waals surface area (Å²) in [6, 6.07) is 5.97. The van der Waals surface area contributed by atoms with Gasteiger partial charge in [-0.05, 0) is 67.4 Å². The van der Waals surface area contributed by atoms with Gasteiger partial charge in [-0.25, -0.2) is 0 Å².